The molecule has 1 aliphatic carbocycles. The highest BCUT2D eigenvalue weighted by atomic mass is 15.2. The van der Waals surface area contributed by atoms with Gasteiger partial charge in [-0.25, -0.2) is 4.98 Å². The summed E-state index contributed by atoms with van der Waals surface area (Å²) in [5.41, 5.74) is 8.11. The Hall–Kier alpha value is -1.09. The Balaban J connectivity index is 2.11. The summed E-state index contributed by atoms with van der Waals surface area (Å²) in [4.78, 5) is 7.02. The molecule has 3 nitrogen and oxygen atoms in total. The van der Waals surface area contributed by atoms with Gasteiger partial charge in [0.1, 0.15) is 5.82 Å². The molecule has 3 heteroatoms. The predicted octanol–water partition coefficient (Wildman–Crippen LogP) is 2.66. The second-order valence-corrected chi connectivity index (χ2v) is 5.43. The normalized spacial score (nSPS) is 16.8. The molecule has 0 unspecified atom stereocenters. The van der Waals surface area contributed by atoms with Gasteiger partial charge in [-0.1, -0.05) is 25.3 Å². The van der Waals surface area contributed by atoms with E-state index < -0.39 is 0 Å². The van der Waals surface area contributed by atoms with Crippen LogP contribution >= 0.6 is 0 Å². The quantitative estimate of drug-likeness (QED) is 0.889. The number of nitrogens with two attached hydrogens (primary N) is 1. The molecule has 100 valence electrons. The van der Waals surface area contributed by atoms with Crippen LogP contribution in [0.3, 0.4) is 0 Å². The van der Waals surface area contributed by atoms with Gasteiger partial charge in [0.15, 0.2) is 0 Å². The molecule has 1 saturated carbocycles. The number of anilines is 1. The fourth-order valence-corrected chi connectivity index (χ4v) is 2.94. The Bertz CT molecular complexity index is 383. The van der Waals surface area contributed by atoms with E-state index in [1.165, 1.54) is 43.2 Å². The number of hydrogen-bond donors (Lipinski definition) is 1. The first-order chi connectivity index (χ1) is 8.72. The molecule has 2 N–H and O–H groups in total. The maximum Gasteiger partial charge on any atom is 0.131 e. The van der Waals surface area contributed by atoms with Gasteiger partial charge in [-0.05, 0) is 43.9 Å². The number of pyridine rings is 1. The largest absolute Gasteiger partial charge is 0.356 e. The molecule has 1 fully saturated rings. The smallest absolute Gasteiger partial charge is 0.131 e. The van der Waals surface area contributed by atoms with Crippen LogP contribution in [0, 0.1) is 6.92 Å². The lowest BCUT2D eigenvalue weighted by atomic mass is 9.94. The average molecular weight is 247 g/mol. The van der Waals surface area contributed by atoms with E-state index in [2.05, 4.69) is 29.9 Å². The molecule has 0 atom stereocenters. The van der Waals surface area contributed by atoms with Gasteiger partial charge in [0.05, 0.1) is 0 Å². The molecule has 1 aromatic heterocycles. The molecule has 0 amide bonds. The van der Waals surface area contributed by atoms with Crippen LogP contribution in [0.25, 0.3) is 0 Å². The summed E-state index contributed by atoms with van der Waals surface area (Å²) in [5.74, 6) is 1.14. The molecule has 18 heavy (non-hydrogen) atoms. The monoisotopic (exact) mass is 247 g/mol. The molecule has 1 heterocycles. The van der Waals surface area contributed by atoms with Gasteiger partial charge in [-0.15, -0.1) is 0 Å². The highest BCUT2D eigenvalue weighted by molar-refractivity contribution is 5.47. The summed E-state index contributed by atoms with van der Waals surface area (Å²) in [7, 11) is 2.19. The zero-order valence-electron chi connectivity index (χ0n) is 11.7. The lowest BCUT2D eigenvalue weighted by molar-refractivity contribution is 0.425. The summed E-state index contributed by atoms with van der Waals surface area (Å²) < 4.78 is 0. The van der Waals surface area contributed by atoms with E-state index in [4.69, 9.17) is 5.73 Å². The number of rotatable bonds is 4. The summed E-state index contributed by atoms with van der Waals surface area (Å²) in [6.45, 7) is 2.85. The minimum atomic E-state index is 0.672. The number of hydrogen-bond acceptors (Lipinski definition) is 3. The summed E-state index contributed by atoms with van der Waals surface area (Å²) in [6.07, 6.45) is 9.63. The molecular formula is C15H25N3. The molecular weight excluding hydrogens is 222 g/mol. The first kappa shape index (κ1) is 13.3. The first-order valence-corrected chi connectivity index (χ1v) is 7.11. The fourth-order valence-electron chi connectivity index (χ4n) is 2.94. The molecule has 0 saturated heterocycles. The van der Waals surface area contributed by atoms with Crippen molar-refractivity contribution >= 4 is 5.82 Å². The molecule has 1 aromatic rings. The zero-order chi connectivity index (χ0) is 13.0. The summed E-state index contributed by atoms with van der Waals surface area (Å²) in [5, 5.41) is 0. The number of aryl methyl sites for hydroxylation is 1. The molecule has 0 radical (unpaired) electrons. The molecule has 0 aromatic carbocycles. The van der Waals surface area contributed by atoms with Crippen LogP contribution in [0.4, 0.5) is 5.82 Å². The van der Waals surface area contributed by atoms with Gasteiger partial charge in [-0.3, -0.25) is 0 Å². The van der Waals surface area contributed by atoms with Crippen molar-refractivity contribution in [1.29, 1.82) is 0 Å². The standard InChI is InChI=1S/C15H25N3/c1-12-10-13(8-9-16)11-17-15(12)18(2)14-6-4-3-5-7-14/h10-11,14H,3-9,16H2,1-2H3. The third kappa shape index (κ3) is 3.02. The van der Waals surface area contributed by atoms with Crippen LogP contribution in [0.5, 0.6) is 0 Å². The van der Waals surface area contributed by atoms with E-state index in [1.807, 2.05) is 6.20 Å². The topological polar surface area (TPSA) is 42.1 Å². The lowest BCUT2D eigenvalue weighted by Crippen LogP contribution is -2.34. The summed E-state index contributed by atoms with van der Waals surface area (Å²) >= 11 is 0. The van der Waals surface area contributed by atoms with E-state index in [9.17, 15) is 0 Å². The maximum absolute atomic E-state index is 5.59. The Morgan fingerprint density at radius 2 is 2.06 bits per heavy atom. The van der Waals surface area contributed by atoms with E-state index in [0.29, 0.717) is 12.6 Å². The highest BCUT2D eigenvalue weighted by Crippen LogP contribution is 2.27. The fraction of sp³-hybridized carbons (Fsp3) is 0.667. The summed E-state index contributed by atoms with van der Waals surface area (Å²) in [6, 6.07) is 2.90. The van der Waals surface area contributed by atoms with Gasteiger partial charge in [0.25, 0.3) is 0 Å². The van der Waals surface area contributed by atoms with Crippen LogP contribution in [0.15, 0.2) is 12.3 Å². The van der Waals surface area contributed by atoms with E-state index in [0.717, 1.165) is 12.2 Å². The average Bonchev–Trinajstić information content (AvgIpc) is 2.40. The third-order valence-corrected chi connectivity index (χ3v) is 4.00. The van der Waals surface area contributed by atoms with Crippen molar-refractivity contribution in [3.05, 3.63) is 23.4 Å². The molecule has 0 spiro atoms. The molecule has 2 rings (SSSR count). The van der Waals surface area contributed by atoms with Gasteiger partial charge in [0, 0.05) is 19.3 Å². The maximum atomic E-state index is 5.59. The van der Waals surface area contributed by atoms with Crippen LogP contribution in [-0.2, 0) is 6.42 Å². The van der Waals surface area contributed by atoms with Crippen LogP contribution < -0.4 is 10.6 Å². The molecule has 0 bridgehead atoms. The number of nitrogens with zero attached hydrogens (tertiary/aromatic N) is 2. The van der Waals surface area contributed by atoms with Crippen molar-refractivity contribution in [2.24, 2.45) is 5.73 Å². The Morgan fingerprint density at radius 3 is 2.67 bits per heavy atom. The van der Waals surface area contributed by atoms with Crippen molar-refractivity contribution in [2.45, 2.75) is 51.5 Å². The van der Waals surface area contributed by atoms with Gasteiger partial charge >= 0.3 is 0 Å². The minimum absolute atomic E-state index is 0.672. The van der Waals surface area contributed by atoms with Gasteiger partial charge < -0.3 is 10.6 Å². The number of aromatic nitrogens is 1. The van der Waals surface area contributed by atoms with Gasteiger partial charge in [0.2, 0.25) is 0 Å². The van der Waals surface area contributed by atoms with Crippen molar-refractivity contribution in [3.8, 4) is 0 Å². The van der Waals surface area contributed by atoms with Crippen molar-refractivity contribution < 1.29 is 0 Å². The van der Waals surface area contributed by atoms with E-state index in [1.54, 1.807) is 0 Å². The lowest BCUT2D eigenvalue weighted by Gasteiger charge is -2.33. The third-order valence-electron chi connectivity index (χ3n) is 4.00. The zero-order valence-corrected chi connectivity index (χ0v) is 11.7. The van der Waals surface area contributed by atoms with Crippen LogP contribution in [-0.4, -0.2) is 24.6 Å². The molecule has 1 aliphatic rings. The Morgan fingerprint density at radius 1 is 1.33 bits per heavy atom. The minimum Gasteiger partial charge on any atom is -0.356 e. The highest BCUT2D eigenvalue weighted by Gasteiger charge is 2.20. The first-order valence-electron chi connectivity index (χ1n) is 7.11. The van der Waals surface area contributed by atoms with Crippen molar-refractivity contribution in [2.75, 3.05) is 18.5 Å². The van der Waals surface area contributed by atoms with Crippen molar-refractivity contribution in [3.63, 3.8) is 0 Å². The second kappa shape index (κ2) is 6.19. The van der Waals surface area contributed by atoms with E-state index >= 15 is 0 Å². The molecule has 0 aliphatic heterocycles. The van der Waals surface area contributed by atoms with Crippen molar-refractivity contribution in [1.82, 2.24) is 4.98 Å². The Labute approximate surface area is 110 Å². The van der Waals surface area contributed by atoms with Crippen LogP contribution in [0.2, 0.25) is 0 Å². The SMILES string of the molecule is Cc1cc(CCN)cnc1N(C)C1CCCCC1. The second-order valence-electron chi connectivity index (χ2n) is 5.43. The predicted molar refractivity (Wildman–Crippen MR) is 77.0 cm³/mol. The van der Waals surface area contributed by atoms with Gasteiger partial charge in [-0.2, -0.15) is 0 Å². The van der Waals surface area contributed by atoms with Crippen LogP contribution in [0.1, 0.15) is 43.2 Å². The Kier molecular flexibility index (Phi) is 4.59. The van der Waals surface area contributed by atoms with E-state index in [-0.39, 0.29) is 0 Å².